The molecule has 0 fully saturated rings. The van der Waals surface area contributed by atoms with Crippen molar-refractivity contribution in [3.63, 3.8) is 0 Å². The maximum atomic E-state index is 11.0. The lowest BCUT2D eigenvalue weighted by Crippen LogP contribution is -2.42. The Hall–Kier alpha value is -1.83. The second-order valence-corrected chi connectivity index (χ2v) is 2.82. The molecule has 8 heteroatoms. The number of carboxylic acid groups (broad SMARTS) is 1. The van der Waals surface area contributed by atoms with Gasteiger partial charge in [-0.3, -0.25) is 9.63 Å². The highest BCUT2D eigenvalue weighted by atomic mass is 16.7. The van der Waals surface area contributed by atoms with E-state index in [1.165, 1.54) is 0 Å². The lowest BCUT2D eigenvalue weighted by atomic mass is 10.4. The first-order valence-corrected chi connectivity index (χ1v) is 4.70. The molecule has 0 saturated heterocycles. The third-order valence-electron chi connectivity index (χ3n) is 1.34. The summed E-state index contributed by atoms with van der Waals surface area (Å²) < 4.78 is 0. The molecule has 0 aliphatic heterocycles. The summed E-state index contributed by atoms with van der Waals surface area (Å²) in [5.74, 6) is -1.53. The molecule has 8 nitrogen and oxygen atoms in total. The molecule has 0 aromatic carbocycles. The van der Waals surface area contributed by atoms with E-state index in [1.54, 1.807) is 0 Å². The highest BCUT2D eigenvalue weighted by molar-refractivity contribution is 5.83. The van der Waals surface area contributed by atoms with Gasteiger partial charge in [-0.25, -0.2) is 15.1 Å². The van der Waals surface area contributed by atoms with Crippen molar-refractivity contribution in [1.82, 2.24) is 16.1 Å². The highest BCUT2D eigenvalue weighted by Crippen LogP contribution is 1.73. The predicted octanol–water partition coefficient (Wildman–Crippen LogP) is -1.17. The summed E-state index contributed by atoms with van der Waals surface area (Å²) in [5.41, 5.74) is 1.81. The van der Waals surface area contributed by atoms with Crippen LogP contribution in [0.25, 0.3) is 0 Å². The second-order valence-electron chi connectivity index (χ2n) is 2.82. The maximum Gasteiger partial charge on any atom is 0.339 e. The van der Waals surface area contributed by atoms with Crippen molar-refractivity contribution >= 4 is 17.9 Å². The summed E-state index contributed by atoms with van der Waals surface area (Å²) in [7, 11) is 0. The van der Waals surface area contributed by atoms with Crippen molar-refractivity contribution in [2.45, 2.75) is 13.3 Å². The number of urea groups is 1. The van der Waals surface area contributed by atoms with Crippen LogP contribution in [0.5, 0.6) is 0 Å². The number of hydrogen-bond donors (Lipinski definition) is 4. The molecule has 0 rings (SSSR count). The number of amides is 3. The third kappa shape index (κ3) is 8.75. The fourth-order valence-electron chi connectivity index (χ4n) is 0.687. The Morgan fingerprint density at radius 2 is 1.94 bits per heavy atom. The molecule has 0 spiro atoms. The molecule has 0 aromatic heterocycles. The van der Waals surface area contributed by atoms with Crippen LogP contribution in [0.3, 0.4) is 0 Å². The minimum absolute atomic E-state index is 0.192. The Morgan fingerprint density at radius 3 is 2.50 bits per heavy atom. The number of carbonyl (C=O) groups is 3. The molecule has 0 aliphatic rings. The van der Waals surface area contributed by atoms with Gasteiger partial charge in [-0.05, 0) is 6.42 Å². The SMILES string of the molecule is CCCNC(=O)CNC(=O)NOCC(=O)O. The molecule has 0 unspecified atom stereocenters. The van der Waals surface area contributed by atoms with Gasteiger partial charge in [0.15, 0.2) is 6.61 Å². The van der Waals surface area contributed by atoms with Crippen LogP contribution in [-0.2, 0) is 14.4 Å². The van der Waals surface area contributed by atoms with E-state index < -0.39 is 18.6 Å². The standard InChI is InChI=1S/C8H15N3O5/c1-2-3-9-6(12)4-10-8(15)11-16-5-7(13)14/h2-5H2,1H3,(H,9,12)(H,13,14)(H2,10,11,15). The van der Waals surface area contributed by atoms with Crippen molar-refractivity contribution in [3.05, 3.63) is 0 Å². The van der Waals surface area contributed by atoms with E-state index >= 15 is 0 Å². The summed E-state index contributed by atoms with van der Waals surface area (Å²) >= 11 is 0. The van der Waals surface area contributed by atoms with Gasteiger partial charge in [0.1, 0.15) is 0 Å². The summed E-state index contributed by atoms with van der Waals surface area (Å²) in [6.45, 7) is 1.61. The molecular formula is C8H15N3O5. The van der Waals surface area contributed by atoms with Crippen molar-refractivity contribution in [2.24, 2.45) is 0 Å². The van der Waals surface area contributed by atoms with Crippen LogP contribution in [0.15, 0.2) is 0 Å². The van der Waals surface area contributed by atoms with Gasteiger partial charge in [-0.2, -0.15) is 0 Å². The van der Waals surface area contributed by atoms with Gasteiger partial charge >= 0.3 is 12.0 Å². The minimum Gasteiger partial charge on any atom is -0.479 e. The predicted molar refractivity (Wildman–Crippen MR) is 53.4 cm³/mol. The van der Waals surface area contributed by atoms with Gasteiger partial charge in [-0.15, -0.1) is 0 Å². The molecule has 92 valence electrons. The fraction of sp³-hybridized carbons (Fsp3) is 0.625. The molecule has 0 bridgehead atoms. The number of carboxylic acids is 1. The number of hydrogen-bond acceptors (Lipinski definition) is 4. The molecule has 4 N–H and O–H groups in total. The fourth-order valence-corrected chi connectivity index (χ4v) is 0.687. The smallest absolute Gasteiger partial charge is 0.339 e. The molecule has 0 heterocycles. The molecule has 16 heavy (non-hydrogen) atoms. The van der Waals surface area contributed by atoms with Crippen LogP contribution in [0, 0.1) is 0 Å². The zero-order valence-electron chi connectivity index (χ0n) is 8.91. The lowest BCUT2D eigenvalue weighted by molar-refractivity contribution is -0.144. The van der Waals surface area contributed by atoms with Gasteiger partial charge in [-0.1, -0.05) is 6.92 Å². The minimum atomic E-state index is -1.21. The number of rotatable bonds is 7. The average Bonchev–Trinajstić information content (AvgIpc) is 2.23. The maximum absolute atomic E-state index is 11.0. The Morgan fingerprint density at radius 1 is 1.25 bits per heavy atom. The molecule has 0 atom stereocenters. The quantitative estimate of drug-likeness (QED) is 0.413. The largest absolute Gasteiger partial charge is 0.479 e. The van der Waals surface area contributed by atoms with Gasteiger partial charge in [0.25, 0.3) is 0 Å². The summed E-state index contributed by atoms with van der Waals surface area (Å²) in [4.78, 5) is 36.2. The van der Waals surface area contributed by atoms with Gasteiger partial charge < -0.3 is 15.7 Å². The van der Waals surface area contributed by atoms with Crippen LogP contribution in [0.2, 0.25) is 0 Å². The Kier molecular flexibility index (Phi) is 7.51. The van der Waals surface area contributed by atoms with E-state index in [9.17, 15) is 14.4 Å². The topological polar surface area (TPSA) is 117 Å². The number of carbonyl (C=O) groups excluding carboxylic acids is 2. The van der Waals surface area contributed by atoms with Crippen molar-refractivity contribution in [1.29, 1.82) is 0 Å². The average molecular weight is 233 g/mol. The third-order valence-corrected chi connectivity index (χ3v) is 1.34. The van der Waals surface area contributed by atoms with E-state index in [2.05, 4.69) is 15.5 Å². The number of nitrogens with one attached hydrogen (secondary N) is 3. The van der Waals surface area contributed by atoms with Crippen molar-refractivity contribution in [2.75, 3.05) is 19.7 Å². The van der Waals surface area contributed by atoms with Gasteiger partial charge in [0, 0.05) is 6.54 Å². The van der Waals surface area contributed by atoms with Crippen molar-refractivity contribution < 1.29 is 24.3 Å². The van der Waals surface area contributed by atoms with E-state index in [4.69, 9.17) is 5.11 Å². The monoisotopic (exact) mass is 233 g/mol. The molecule has 0 radical (unpaired) electrons. The molecule has 0 aromatic rings. The summed E-state index contributed by atoms with van der Waals surface area (Å²) in [6, 6.07) is -0.770. The van der Waals surface area contributed by atoms with Crippen LogP contribution in [0.4, 0.5) is 4.79 Å². The van der Waals surface area contributed by atoms with E-state index in [-0.39, 0.29) is 12.5 Å². The molecule has 0 aliphatic carbocycles. The Balaban J connectivity index is 3.49. The Labute approximate surface area is 92.3 Å². The summed E-state index contributed by atoms with van der Waals surface area (Å²) in [5, 5.41) is 12.9. The normalized spacial score (nSPS) is 9.31. The van der Waals surface area contributed by atoms with Crippen LogP contribution in [-0.4, -0.2) is 42.7 Å². The zero-order valence-corrected chi connectivity index (χ0v) is 8.91. The lowest BCUT2D eigenvalue weighted by Gasteiger charge is -2.06. The van der Waals surface area contributed by atoms with Crippen molar-refractivity contribution in [3.8, 4) is 0 Å². The van der Waals surface area contributed by atoms with Crippen LogP contribution >= 0.6 is 0 Å². The first-order valence-electron chi connectivity index (χ1n) is 4.70. The molecule has 0 saturated carbocycles. The summed E-state index contributed by atoms with van der Waals surface area (Å²) in [6.07, 6.45) is 0.805. The van der Waals surface area contributed by atoms with Crippen LogP contribution in [0.1, 0.15) is 13.3 Å². The zero-order chi connectivity index (χ0) is 12.4. The van der Waals surface area contributed by atoms with E-state index in [0.29, 0.717) is 6.54 Å². The highest BCUT2D eigenvalue weighted by Gasteiger charge is 2.05. The Bertz CT molecular complexity index is 256. The second kappa shape index (κ2) is 8.48. The number of hydroxylamine groups is 1. The van der Waals surface area contributed by atoms with Gasteiger partial charge in [0.05, 0.1) is 6.54 Å². The van der Waals surface area contributed by atoms with Crippen LogP contribution < -0.4 is 16.1 Å². The first kappa shape index (κ1) is 14.2. The van der Waals surface area contributed by atoms with Gasteiger partial charge in [0.2, 0.25) is 5.91 Å². The number of aliphatic carboxylic acids is 1. The first-order chi connectivity index (χ1) is 7.56. The molecular weight excluding hydrogens is 218 g/mol. The molecule has 3 amide bonds. The van der Waals surface area contributed by atoms with E-state index in [0.717, 1.165) is 6.42 Å². The van der Waals surface area contributed by atoms with E-state index in [1.807, 2.05) is 12.4 Å².